The summed E-state index contributed by atoms with van der Waals surface area (Å²) < 4.78 is 25.1. The predicted molar refractivity (Wildman–Crippen MR) is 99.8 cm³/mol. The Balaban J connectivity index is 1.44. The van der Waals surface area contributed by atoms with Gasteiger partial charge in [0.2, 0.25) is 15.7 Å². The SMILES string of the molecule is O=C(Nc1ccc(S(=O)(=O)c2ccccc2)cn1)C1CC1c1cccnc1. The van der Waals surface area contributed by atoms with Gasteiger partial charge in [-0.15, -0.1) is 0 Å². The third kappa shape index (κ3) is 3.59. The zero-order valence-electron chi connectivity index (χ0n) is 14.3. The van der Waals surface area contributed by atoms with Crippen LogP contribution in [0.4, 0.5) is 5.82 Å². The molecule has 1 aliphatic rings. The standard InChI is InChI=1S/C20H17N3O3S/c24-20(18-11-17(18)14-5-4-10-21-12-14)23-19-9-8-16(13-22-19)27(25,26)15-6-2-1-3-7-15/h1-10,12-13,17-18H,11H2,(H,22,23,24). The first-order chi connectivity index (χ1) is 13.1. The number of carbonyl (C=O) groups excluding carboxylic acids is 1. The summed E-state index contributed by atoms with van der Waals surface area (Å²) in [5.74, 6) is 0.291. The lowest BCUT2D eigenvalue weighted by Gasteiger charge is -2.07. The molecule has 6 nitrogen and oxygen atoms in total. The minimum Gasteiger partial charge on any atom is -0.310 e. The van der Waals surface area contributed by atoms with Gasteiger partial charge in [-0.3, -0.25) is 9.78 Å². The van der Waals surface area contributed by atoms with Crippen molar-refractivity contribution in [1.29, 1.82) is 0 Å². The van der Waals surface area contributed by atoms with Gasteiger partial charge in [0.05, 0.1) is 9.79 Å². The maximum atomic E-state index is 12.6. The summed E-state index contributed by atoms with van der Waals surface area (Å²) in [6, 6.07) is 15.0. The molecule has 0 radical (unpaired) electrons. The van der Waals surface area contributed by atoms with Crippen LogP contribution in [0.5, 0.6) is 0 Å². The van der Waals surface area contributed by atoms with E-state index < -0.39 is 9.84 Å². The number of benzene rings is 1. The van der Waals surface area contributed by atoms with Gasteiger partial charge in [0.1, 0.15) is 5.82 Å². The van der Waals surface area contributed by atoms with Gasteiger partial charge in [-0.2, -0.15) is 0 Å². The Morgan fingerprint density at radius 1 is 0.963 bits per heavy atom. The quantitative estimate of drug-likeness (QED) is 0.736. The highest BCUT2D eigenvalue weighted by Crippen LogP contribution is 2.47. The van der Waals surface area contributed by atoms with Crippen molar-refractivity contribution in [1.82, 2.24) is 9.97 Å². The number of hydrogen-bond acceptors (Lipinski definition) is 5. The number of nitrogens with zero attached hydrogens (tertiary/aromatic N) is 2. The van der Waals surface area contributed by atoms with Gasteiger partial charge in [-0.1, -0.05) is 24.3 Å². The molecule has 136 valence electrons. The number of hydrogen-bond donors (Lipinski definition) is 1. The van der Waals surface area contributed by atoms with Crippen LogP contribution in [-0.2, 0) is 14.6 Å². The predicted octanol–water partition coefficient (Wildman–Crippen LogP) is 3.05. The molecule has 4 rings (SSSR count). The second-order valence-corrected chi connectivity index (χ2v) is 8.37. The minimum atomic E-state index is -3.62. The van der Waals surface area contributed by atoms with Crippen LogP contribution >= 0.6 is 0 Å². The van der Waals surface area contributed by atoms with Gasteiger partial charge >= 0.3 is 0 Å². The molecule has 1 saturated carbocycles. The zero-order chi connectivity index (χ0) is 18.9. The van der Waals surface area contributed by atoms with Gasteiger partial charge < -0.3 is 5.32 Å². The largest absolute Gasteiger partial charge is 0.310 e. The summed E-state index contributed by atoms with van der Waals surface area (Å²) in [7, 11) is -3.62. The van der Waals surface area contributed by atoms with E-state index in [1.807, 2.05) is 12.1 Å². The number of amides is 1. The fraction of sp³-hybridized carbons (Fsp3) is 0.150. The third-order valence-corrected chi connectivity index (χ3v) is 6.35. The summed E-state index contributed by atoms with van der Waals surface area (Å²) in [6.07, 6.45) is 5.52. The highest BCUT2D eigenvalue weighted by molar-refractivity contribution is 7.91. The van der Waals surface area contributed by atoms with Crippen LogP contribution in [0.2, 0.25) is 0 Å². The lowest BCUT2D eigenvalue weighted by Crippen LogP contribution is -2.15. The Morgan fingerprint density at radius 3 is 2.44 bits per heavy atom. The van der Waals surface area contributed by atoms with E-state index in [1.54, 1.807) is 30.6 Å². The molecule has 1 N–H and O–H groups in total. The molecule has 1 aliphatic carbocycles. The molecule has 0 saturated heterocycles. The van der Waals surface area contributed by atoms with Gasteiger partial charge in [-0.05, 0) is 48.2 Å². The number of carbonyl (C=O) groups is 1. The average molecular weight is 379 g/mol. The topological polar surface area (TPSA) is 89.0 Å². The molecule has 0 bridgehead atoms. The number of sulfone groups is 1. The summed E-state index contributed by atoms with van der Waals surface area (Å²) in [4.78, 5) is 20.8. The van der Waals surface area contributed by atoms with Gasteiger partial charge in [0.15, 0.2) is 0 Å². The van der Waals surface area contributed by atoms with E-state index in [0.29, 0.717) is 5.82 Å². The van der Waals surface area contributed by atoms with Crippen molar-refractivity contribution in [3.8, 4) is 0 Å². The molecule has 0 aliphatic heterocycles. The lowest BCUT2D eigenvalue weighted by molar-refractivity contribution is -0.117. The third-order valence-electron chi connectivity index (χ3n) is 4.59. The highest BCUT2D eigenvalue weighted by atomic mass is 32.2. The Morgan fingerprint density at radius 2 is 1.78 bits per heavy atom. The molecular weight excluding hydrogens is 362 g/mol. The van der Waals surface area contributed by atoms with Crippen LogP contribution in [-0.4, -0.2) is 24.3 Å². The highest BCUT2D eigenvalue weighted by Gasteiger charge is 2.44. The molecule has 3 aromatic rings. The van der Waals surface area contributed by atoms with E-state index in [9.17, 15) is 13.2 Å². The Bertz CT molecular complexity index is 1050. The van der Waals surface area contributed by atoms with Crippen LogP contribution in [0.15, 0.2) is 83.0 Å². The molecule has 2 heterocycles. The number of aromatic nitrogens is 2. The smallest absolute Gasteiger partial charge is 0.229 e. The summed E-state index contributed by atoms with van der Waals surface area (Å²) in [5.41, 5.74) is 1.05. The second-order valence-electron chi connectivity index (χ2n) is 6.42. The molecule has 27 heavy (non-hydrogen) atoms. The summed E-state index contributed by atoms with van der Waals surface area (Å²) >= 11 is 0. The average Bonchev–Trinajstić information content (AvgIpc) is 3.51. The summed E-state index contributed by atoms with van der Waals surface area (Å²) in [6.45, 7) is 0. The summed E-state index contributed by atoms with van der Waals surface area (Å²) in [5, 5.41) is 2.76. The van der Waals surface area contributed by atoms with Crippen molar-refractivity contribution in [3.63, 3.8) is 0 Å². The van der Waals surface area contributed by atoms with Crippen molar-refractivity contribution in [2.75, 3.05) is 5.32 Å². The first kappa shape index (κ1) is 17.4. The lowest BCUT2D eigenvalue weighted by atomic mass is 10.1. The molecule has 2 aromatic heterocycles. The van der Waals surface area contributed by atoms with Crippen molar-refractivity contribution < 1.29 is 13.2 Å². The van der Waals surface area contributed by atoms with Gasteiger partial charge in [0.25, 0.3) is 0 Å². The van der Waals surface area contributed by atoms with E-state index in [0.717, 1.165) is 12.0 Å². The van der Waals surface area contributed by atoms with Crippen LogP contribution < -0.4 is 5.32 Å². The molecule has 2 atom stereocenters. The maximum absolute atomic E-state index is 12.6. The molecule has 2 unspecified atom stereocenters. The molecular formula is C20H17N3O3S. The van der Waals surface area contributed by atoms with E-state index in [2.05, 4.69) is 15.3 Å². The van der Waals surface area contributed by atoms with Crippen LogP contribution in [0.25, 0.3) is 0 Å². The first-order valence-electron chi connectivity index (χ1n) is 8.53. The monoisotopic (exact) mass is 379 g/mol. The normalized spacial score (nSPS) is 18.7. The van der Waals surface area contributed by atoms with Gasteiger partial charge in [-0.25, -0.2) is 13.4 Å². The molecule has 1 fully saturated rings. The van der Waals surface area contributed by atoms with Crippen LogP contribution in [0.1, 0.15) is 17.9 Å². The number of nitrogens with one attached hydrogen (secondary N) is 1. The van der Waals surface area contributed by atoms with E-state index in [-0.39, 0.29) is 27.5 Å². The van der Waals surface area contributed by atoms with E-state index >= 15 is 0 Å². The maximum Gasteiger partial charge on any atom is 0.229 e. The van der Waals surface area contributed by atoms with E-state index in [4.69, 9.17) is 0 Å². The minimum absolute atomic E-state index is 0.0892. The molecule has 0 spiro atoms. The van der Waals surface area contributed by atoms with Gasteiger partial charge in [0, 0.05) is 24.5 Å². The van der Waals surface area contributed by atoms with Crippen molar-refractivity contribution in [2.24, 2.45) is 5.92 Å². The van der Waals surface area contributed by atoms with Crippen molar-refractivity contribution >= 4 is 21.6 Å². The number of anilines is 1. The number of rotatable bonds is 5. The zero-order valence-corrected chi connectivity index (χ0v) is 15.1. The van der Waals surface area contributed by atoms with E-state index in [1.165, 1.54) is 30.5 Å². The Labute approximate surface area is 157 Å². The fourth-order valence-corrected chi connectivity index (χ4v) is 4.24. The fourth-order valence-electron chi connectivity index (χ4n) is 3.02. The van der Waals surface area contributed by atoms with Crippen molar-refractivity contribution in [2.45, 2.75) is 22.1 Å². The Kier molecular flexibility index (Phi) is 4.45. The number of pyridine rings is 2. The van der Waals surface area contributed by atoms with Crippen LogP contribution in [0.3, 0.4) is 0 Å². The molecule has 1 aromatic carbocycles. The van der Waals surface area contributed by atoms with Crippen molar-refractivity contribution in [3.05, 3.63) is 78.8 Å². The second kappa shape index (κ2) is 6.92. The Hall–Kier alpha value is -3.06. The molecule has 1 amide bonds. The first-order valence-corrected chi connectivity index (χ1v) is 10.0. The molecule has 7 heteroatoms. The van der Waals surface area contributed by atoms with Crippen LogP contribution in [0, 0.1) is 5.92 Å².